The number of aryl methyl sites for hydroxylation is 1. The van der Waals surface area contributed by atoms with Crippen molar-refractivity contribution < 1.29 is 14.3 Å². The molecule has 1 heterocycles. The Kier molecular flexibility index (Phi) is 7.57. The molecule has 0 fully saturated rings. The van der Waals surface area contributed by atoms with Crippen LogP contribution in [-0.2, 0) is 4.79 Å². The standard InChI is InChI=1S/C23H28N4O3S/c1-15(2)27-22(17(4)30-20-13-9-8-12-19(20)29-5)25-26-23(27)31-14-21(28)24-18-11-7-6-10-16(18)3/h6-13,15,17H,14H2,1-5H3,(H,24,28). The first-order valence-electron chi connectivity index (χ1n) is 10.1. The van der Waals surface area contributed by atoms with Crippen LogP contribution in [0.25, 0.3) is 0 Å². The van der Waals surface area contributed by atoms with E-state index in [1.165, 1.54) is 11.8 Å². The Morgan fingerprint density at radius 3 is 2.42 bits per heavy atom. The van der Waals surface area contributed by atoms with Gasteiger partial charge in [0.25, 0.3) is 0 Å². The fraction of sp³-hybridized carbons (Fsp3) is 0.348. The number of para-hydroxylation sites is 3. The van der Waals surface area contributed by atoms with Crippen LogP contribution in [0.1, 0.15) is 44.3 Å². The number of carbonyl (C=O) groups is 1. The number of thioether (sulfide) groups is 1. The van der Waals surface area contributed by atoms with Gasteiger partial charge in [-0.25, -0.2) is 0 Å². The molecule has 1 atom stereocenters. The fourth-order valence-corrected chi connectivity index (χ4v) is 4.01. The first kappa shape index (κ1) is 22.7. The van der Waals surface area contributed by atoms with Gasteiger partial charge in [-0.05, 0) is 51.5 Å². The van der Waals surface area contributed by atoms with E-state index in [-0.39, 0.29) is 23.8 Å². The van der Waals surface area contributed by atoms with E-state index in [1.54, 1.807) is 7.11 Å². The number of hydrogen-bond acceptors (Lipinski definition) is 6. The van der Waals surface area contributed by atoms with Gasteiger partial charge in [0.05, 0.1) is 12.9 Å². The Morgan fingerprint density at radius 2 is 1.74 bits per heavy atom. The summed E-state index contributed by atoms with van der Waals surface area (Å²) in [5, 5.41) is 12.3. The summed E-state index contributed by atoms with van der Waals surface area (Å²) in [6.45, 7) is 8.00. The molecule has 0 saturated carbocycles. The van der Waals surface area contributed by atoms with Gasteiger partial charge in [-0.2, -0.15) is 0 Å². The molecule has 3 aromatic rings. The molecule has 2 aromatic carbocycles. The summed E-state index contributed by atoms with van der Waals surface area (Å²) in [5.41, 5.74) is 1.84. The monoisotopic (exact) mass is 440 g/mol. The van der Waals surface area contributed by atoms with E-state index in [4.69, 9.17) is 9.47 Å². The van der Waals surface area contributed by atoms with E-state index in [2.05, 4.69) is 29.4 Å². The van der Waals surface area contributed by atoms with Gasteiger partial charge >= 0.3 is 0 Å². The first-order chi connectivity index (χ1) is 14.9. The van der Waals surface area contributed by atoms with E-state index >= 15 is 0 Å². The predicted molar refractivity (Wildman–Crippen MR) is 123 cm³/mol. The molecule has 3 rings (SSSR count). The third-order valence-electron chi connectivity index (χ3n) is 4.70. The van der Waals surface area contributed by atoms with Crippen molar-refractivity contribution in [3.05, 3.63) is 59.9 Å². The molecule has 31 heavy (non-hydrogen) atoms. The lowest BCUT2D eigenvalue weighted by Gasteiger charge is -2.19. The van der Waals surface area contributed by atoms with E-state index in [9.17, 15) is 4.79 Å². The van der Waals surface area contributed by atoms with Crippen LogP contribution in [0.4, 0.5) is 5.69 Å². The normalized spacial score (nSPS) is 11.9. The second-order valence-corrected chi connectivity index (χ2v) is 8.31. The molecule has 0 aliphatic rings. The van der Waals surface area contributed by atoms with Gasteiger partial charge in [-0.15, -0.1) is 10.2 Å². The zero-order valence-corrected chi connectivity index (χ0v) is 19.3. The SMILES string of the molecule is COc1ccccc1OC(C)c1nnc(SCC(=O)Nc2ccccc2C)n1C(C)C. The van der Waals surface area contributed by atoms with Crippen molar-refractivity contribution in [1.82, 2.24) is 14.8 Å². The van der Waals surface area contributed by atoms with Crippen LogP contribution in [0.5, 0.6) is 11.5 Å². The minimum atomic E-state index is -0.346. The van der Waals surface area contributed by atoms with Crippen molar-refractivity contribution in [2.24, 2.45) is 0 Å². The van der Waals surface area contributed by atoms with Gasteiger partial charge in [-0.1, -0.05) is 42.1 Å². The zero-order valence-electron chi connectivity index (χ0n) is 18.5. The molecule has 1 N–H and O–H groups in total. The lowest BCUT2D eigenvalue weighted by molar-refractivity contribution is -0.113. The number of rotatable bonds is 9. The largest absolute Gasteiger partial charge is 0.493 e. The number of methoxy groups -OCH3 is 1. The average molecular weight is 441 g/mol. The molecule has 0 aliphatic heterocycles. The molecule has 0 saturated heterocycles. The Hall–Kier alpha value is -3.00. The van der Waals surface area contributed by atoms with Gasteiger partial charge in [0.2, 0.25) is 5.91 Å². The van der Waals surface area contributed by atoms with E-state index in [0.717, 1.165) is 11.3 Å². The number of aromatic nitrogens is 3. The molecular formula is C23H28N4O3S. The van der Waals surface area contributed by atoms with Crippen LogP contribution in [0, 0.1) is 6.92 Å². The Labute approximate surface area is 187 Å². The van der Waals surface area contributed by atoms with Crippen LogP contribution in [0.2, 0.25) is 0 Å². The second kappa shape index (κ2) is 10.3. The number of nitrogens with zero attached hydrogens (tertiary/aromatic N) is 3. The highest BCUT2D eigenvalue weighted by Gasteiger charge is 2.23. The molecule has 164 valence electrons. The summed E-state index contributed by atoms with van der Waals surface area (Å²) in [4.78, 5) is 12.4. The van der Waals surface area contributed by atoms with E-state index in [0.29, 0.717) is 22.5 Å². The lowest BCUT2D eigenvalue weighted by atomic mass is 10.2. The van der Waals surface area contributed by atoms with Gasteiger partial charge in [-0.3, -0.25) is 4.79 Å². The third-order valence-corrected chi connectivity index (χ3v) is 5.64. The smallest absolute Gasteiger partial charge is 0.234 e. The van der Waals surface area contributed by atoms with Crippen molar-refractivity contribution in [2.45, 2.75) is 45.0 Å². The first-order valence-corrected chi connectivity index (χ1v) is 11.1. The third kappa shape index (κ3) is 5.58. The molecule has 0 bridgehead atoms. The van der Waals surface area contributed by atoms with Crippen molar-refractivity contribution in [2.75, 3.05) is 18.2 Å². The van der Waals surface area contributed by atoms with Crippen molar-refractivity contribution in [3.63, 3.8) is 0 Å². The number of hydrogen-bond donors (Lipinski definition) is 1. The summed E-state index contributed by atoms with van der Waals surface area (Å²) in [6, 6.07) is 15.3. The van der Waals surface area contributed by atoms with Gasteiger partial charge in [0, 0.05) is 11.7 Å². The van der Waals surface area contributed by atoms with Crippen molar-refractivity contribution in [3.8, 4) is 11.5 Å². The summed E-state index contributed by atoms with van der Waals surface area (Å²) >= 11 is 1.36. The highest BCUT2D eigenvalue weighted by Crippen LogP contribution is 2.32. The lowest BCUT2D eigenvalue weighted by Crippen LogP contribution is -2.17. The fourth-order valence-electron chi connectivity index (χ4n) is 3.14. The van der Waals surface area contributed by atoms with Crippen LogP contribution >= 0.6 is 11.8 Å². The summed E-state index contributed by atoms with van der Waals surface area (Å²) in [5.74, 6) is 2.15. The molecule has 1 aromatic heterocycles. The summed E-state index contributed by atoms with van der Waals surface area (Å²) < 4.78 is 13.5. The van der Waals surface area contributed by atoms with Crippen LogP contribution in [0.15, 0.2) is 53.7 Å². The molecule has 0 aliphatic carbocycles. The minimum Gasteiger partial charge on any atom is -0.493 e. The molecule has 0 spiro atoms. The number of nitrogens with one attached hydrogen (secondary N) is 1. The maximum absolute atomic E-state index is 12.4. The average Bonchev–Trinajstić information content (AvgIpc) is 3.19. The molecule has 1 unspecified atom stereocenters. The molecule has 8 heteroatoms. The van der Waals surface area contributed by atoms with E-state index < -0.39 is 0 Å². The predicted octanol–water partition coefficient (Wildman–Crippen LogP) is 5.05. The van der Waals surface area contributed by atoms with Crippen molar-refractivity contribution >= 4 is 23.4 Å². The van der Waals surface area contributed by atoms with E-state index in [1.807, 2.05) is 66.9 Å². The maximum Gasteiger partial charge on any atom is 0.234 e. The zero-order chi connectivity index (χ0) is 22.4. The molecule has 0 radical (unpaired) electrons. The number of amides is 1. The second-order valence-electron chi connectivity index (χ2n) is 7.37. The number of carbonyl (C=O) groups excluding carboxylic acids is 1. The van der Waals surface area contributed by atoms with Crippen LogP contribution < -0.4 is 14.8 Å². The highest BCUT2D eigenvalue weighted by molar-refractivity contribution is 7.99. The number of benzene rings is 2. The van der Waals surface area contributed by atoms with Gasteiger partial charge < -0.3 is 19.4 Å². The number of anilines is 1. The Morgan fingerprint density at radius 1 is 1.06 bits per heavy atom. The quantitative estimate of drug-likeness (QED) is 0.469. The maximum atomic E-state index is 12.4. The minimum absolute atomic E-state index is 0.0857. The Bertz CT molecular complexity index is 1040. The molecule has 7 nitrogen and oxygen atoms in total. The van der Waals surface area contributed by atoms with Gasteiger partial charge in [0.15, 0.2) is 28.6 Å². The summed E-state index contributed by atoms with van der Waals surface area (Å²) in [7, 11) is 1.61. The van der Waals surface area contributed by atoms with Gasteiger partial charge in [0.1, 0.15) is 0 Å². The molecular weight excluding hydrogens is 412 g/mol. The highest BCUT2D eigenvalue weighted by atomic mass is 32.2. The molecule has 1 amide bonds. The van der Waals surface area contributed by atoms with Crippen LogP contribution in [-0.4, -0.2) is 33.5 Å². The van der Waals surface area contributed by atoms with Crippen molar-refractivity contribution in [1.29, 1.82) is 0 Å². The van der Waals surface area contributed by atoms with Crippen LogP contribution in [0.3, 0.4) is 0 Å². The number of ether oxygens (including phenoxy) is 2. The summed E-state index contributed by atoms with van der Waals surface area (Å²) in [6.07, 6.45) is -0.346. The topological polar surface area (TPSA) is 78.3 Å². The Balaban J connectivity index is 1.71.